The molecule has 0 aliphatic carbocycles. The third kappa shape index (κ3) is 4.64. The van der Waals surface area contributed by atoms with Crippen LogP contribution in [0.4, 0.5) is 5.69 Å². The van der Waals surface area contributed by atoms with Crippen LogP contribution in [0.25, 0.3) is 11.3 Å². The number of carbonyl (C=O) groups is 2. The van der Waals surface area contributed by atoms with Crippen LogP contribution in [0.5, 0.6) is 0 Å². The van der Waals surface area contributed by atoms with Gasteiger partial charge in [0.15, 0.2) is 4.80 Å². The number of carbonyl (C=O) groups excluding carboxylic acids is 2. The van der Waals surface area contributed by atoms with Crippen molar-refractivity contribution in [2.24, 2.45) is 4.99 Å². The van der Waals surface area contributed by atoms with Crippen molar-refractivity contribution in [1.82, 2.24) is 4.57 Å². The van der Waals surface area contributed by atoms with E-state index in [1.165, 1.54) is 15.9 Å². The second kappa shape index (κ2) is 11.5. The van der Waals surface area contributed by atoms with Gasteiger partial charge in [0, 0.05) is 21.0 Å². The standard InChI is InChI=1S/C34H24ClN3O4S2/c1-2-42-33(41)27-28(20-11-4-3-5-12-20)36-34-38(29(27)25-17-10-18-43-25)32(40)30(44-34)26-22-14-7-9-16-24(22)37(31(26)39)19-21-13-6-8-15-23(21)35/h3-18,29H,2,19H2,1H3/b30-26+/t29-/m1/s1. The zero-order valence-electron chi connectivity index (χ0n) is 23.4. The minimum absolute atomic E-state index is 0.169. The quantitative estimate of drug-likeness (QED) is 0.228. The molecule has 2 aliphatic rings. The van der Waals surface area contributed by atoms with Gasteiger partial charge in [-0.1, -0.05) is 95.7 Å². The molecule has 7 rings (SSSR count). The van der Waals surface area contributed by atoms with Crippen LogP contribution in [0, 0.1) is 0 Å². The summed E-state index contributed by atoms with van der Waals surface area (Å²) < 4.78 is 7.32. The number of thiazole rings is 1. The average Bonchev–Trinajstić information content (AvgIpc) is 3.75. The second-order valence-electron chi connectivity index (χ2n) is 10.1. The maximum Gasteiger partial charge on any atom is 0.338 e. The van der Waals surface area contributed by atoms with Crippen molar-refractivity contribution in [3.8, 4) is 0 Å². The Morgan fingerprint density at radius 1 is 0.955 bits per heavy atom. The average molecular weight is 638 g/mol. The van der Waals surface area contributed by atoms with Gasteiger partial charge < -0.3 is 9.64 Å². The summed E-state index contributed by atoms with van der Waals surface area (Å²) in [6, 6.07) is 27.2. The van der Waals surface area contributed by atoms with Gasteiger partial charge in [0.25, 0.3) is 11.5 Å². The Labute approximate surface area is 265 Å². The van der Waals surface area contributed by atoms with Gasteiger partial charge in [-0.2, -0.15) is 0 Å². The van der Waals surface area contributed by atoms with Gasteiger partial charge in [0.2, 0.25) is 0 Å². The van der Waals surface area contributed by atoms with Gasteiger partial charge in [0.05, 0.1) is 35.7 Å². The molecule has 7 nitrogen and oxygen atoms in total. The number of benzene rings is 3. The first-order valence-corrected chi connectivity index (χ1v) is 16.0. The third-order valence-electron chi connectivity index (χ3n) is 7.60. The van der Waals surface area contributed by atoms with Crippen molar-refractivity contribution in [3.05, 3.63) is 148 Å². The molecular weight excluding hydrogens is 614 g/mol. The first-order valence-electron chi connectivity index (χ1n) is 14.0. The molecule has 0 bridgehead atoms. The van der Waals surface area contributed by atoms with Crippen LogP contribution >= 0.6 is 34.3 Å². The van der Waals surface area contributed by atoms with E-state index in [1.807, 2.05) is 90.3 Å². The Bertz CT molecular complexity index is 2150. The minimum atomic E-state index is -0.777. The van der Waals surface area contributed by atoms with Crippen molar-refractivity contribution >= 4 is 63.1 Å². The summed E-state index contributed by atoms with van der Waals surface area (Å²) in [5, 5.41) is 2.46. The van der Waals surface area contributed by atoms with Crippen LogP contribution in [0.15, 0.2) is 112 Å². The van der Waals surface area contributed by atoms with E-state index < -0.39 is 12.0 Å². The number of para-hydroxylation sites is 1. The van der Waals surface area contributed by atoms with Crippen LogP contribution < -0.4 is 19.8 Å². The highest BCUT2D eigenvalue weighted by Crippen LogP contribution is 2.39. The number of ether oxygens (including phenoxy) is 1. The smallest absolute Gasteiger partial charge is 0.338 e. The van der Waals surface area contributed by atoms with E-state index in [2.05, 4.69) is 0 Å². The fourth-order valence-electron chi connectivity index (χ4n) is 5.66. The van der Waals surface area contributed by atoms with Gasteiger partial charge in [-0.25, -0.2) is 9.79 Å². The summed E-state index contributed by atoms with van der Waals surface area (Å²) in [5.41, 5.74) is 3.53. The van der Waals surface area contributed by atoms with E-state index in [-0.39, 0.29) is 34.7 Å². The first kappa shape index (κ1) is 28.2. The molecule has 0 unspecified atom stereocenters. The van der Waals surface area contributed by atoms with Crippen LogP contribution in [0.2, 0.25) is 5.02 Å². The molecule has 0 saturated carbocycles. The fraction of sp³-hybridized carbons (Fsp3) is 0.118. The molecule has 5 aromatic rings. The lowest BCUT2D eigenvalue weighted by Gasteiger charge is -2.24. The minimum Gasteiger partial charge on any atom is -0.463 e. The van der Waals surface area contributed by atoms with E-state index in [0.717, 1.165) is 27.3 Å². The number of aromatic nitrogens is 1. The number of anilines is 1. The number of nitrogens with zero attached hydrogens (tertiary/aromatic N) is 3. The SMILES string of the molecule is CCOC(=O)C1=C(c2ccccc2)N=c2s/c(=C3/C(=O)N(Cc4ccccc4Cl)c4ccccc43)c(=O)n2[C@@H]1c1cccs1. The maximum absolute atomic E-state index is 14.5. The number of hydrogen-bond donors (Lipinski definition) is 0. The predicted octanol–water partition coefficient (Wildman–Crippen LogP) is 5.57. The van der Waals surface area contributed by atoms with E-state index in [9.17, 15) is 14.4 Å². The lowest BCUT2D eigenvalue weighted by atomic mass is 9.97. The van der Waals surface area contributed by atoms with Crippen LogP contribution in [-0.4, -0.2) is 23.1 Å². The fourth-order valence-corrected chi connectivity index (χ4v) is 7.77. The molecule has 0 fully saturated rings. The monoisotopic (exact) mass is 637 g/mol. The molecule has 0 saturated heterocycles. The largest absolute Gasteiger partial charge is 0.463 e. The summed E-state index contributed by atoms with van der Waals surface area (Å²) in [6.45, 7) is 2.16. The van der Waals surface area contributed by atoms with Crippen molar-refractivity contribution < 1.29 is 14.3 Å². The highest BCUT2D eigenvalue weighted by molar-refractivity contribution is 7.10. The lowest BCUT2D eigenvalue weighted by molar-refractivity contribution is -0.138. The molecule has 0 spiro atoms. The number of amides is 1. The normalized spacial score (nSPS) is 16.9. The number of halogens is 1. The van der Waals surface area contributed by atoms with E-state index in [4.69, 9.17) is 21.3 Å². The van der Waals surface area contributed by atoms with Crippen molar-refractivity contribution in [3.63, 3.8) is 0 Å². The van der Waals surface area contributed by atoms with Crippen molar-refractivity contribution in [2.45, 2.75) is 19.5 Å². The Morgan fingerprint density at radius 2 is 1.70 bits per heavy atom. The van der Waals surface area contributed by atoms with E-state index >= 15 is 0 Å². The lowest BCUT2D eigenvalue weighted by Crippen LogP contribution is -2.40. The second-order valence-corrected chi connectivity index (χ2v) is 12.5. The molecule has 0 N–H and O–H groups in total. The molecule has 44 heavy (non-hydrogen) atoms. The first-order chi connectivity index (χ1) is 21.5. The maximum atomic E-state index is 14.5. The van der Waals surface area contributed by atoms with E-state index in [0.29, 0.717) is 32.3 Å². The number of rotatable bonds is 6. The highest BCUT2D eigenvalue weighted by Gasteiger charge is 2.38. The predicted molar refractivity (Wildman–Crippen MR) is 173 cm³/mol. The van der Waals surface area contributed by atoms with Gasteiger partial charge >= 0.3 is 5.97 Å². The molecule has 3 aromatic carbocycles. The summed E-state index contributed by atoms with van der Waals surface area (Å²) in [5.74, 6) is -0.836. The van der Waals surface area contributed by atoms with Crippen LogP contribution in [0.3, 0.4) is 0 Å². The molecular formula is C34H24ClN3O4S2. The molecule has 1 amide bonds. The Hall–Kier alpha value is -4.57. The molecule has 2 aromatic heterocycles. The summed E-state index contributed by atoms with van der Waals surface area (Å²) in [4.78, 5) is 50.0. The summed E-state index contributed by atoms with van der Waals surface area (Å²) in [7, 11) is 0. The molecule has 10 heteroatoms. The van der Waals surface area contributed by atoms with E-state index in [1.54, 1.807) is 17.9 Å². The highest BCUT2D eigenvalue weighted by atomic mass is 35.5. The molecule has 2 aliphatic heterocycles. The van der Waals surface area contributed by atoms with Crippen molar-refractivity contribution in [1.29, 1.82) is 0 Å². The number of thiophene rings is 1. The summed E-state index contributed by atoms with van der Waals surface area (Å²) >= 11 is 9.06. The molecule has 4 heterocycles. The Balaban J connectivity index is 1.49. The van der Waals surface area contributed by atoms with Gasteiger partial charge in [-0.05, 0) is 36.1 Å². The Morgan fingerprint density at radius 3 is 2.45 bits per heavy atom. The van der Waals surface area contributed by atoms with Crippen molar-refractivity contribution in [2.75, 3.05) is 11.5 Å². The zero-order valence-corrected chi connectivity index (χ0v) is 25.8. The molecule has 0 radical (unpaired) electrons. The Kier molecular flexibility index (Phi) is 7.37. The molecule has 218 valence electrons. The molecule has 1 atom stereocenters. The van der Waals surface area contributed by atoms with Gasteiger partial charge in [0.1, 0.15) is 10.6 Å². The number of hydrogen-bond acceptors (Lipinski definition) is 7. The number of esters is 1. The number of fused-ring (bicyclic) bond motifs is 2. The van der Waals surface area contributed by atoms with Gasteiger partial charge in [-0.3, -0.25) is 14.2 Å². The zero-order chi connectivity index (χ0) is 30.4. The van der Waals surface area contributed by atoms with Crippen LogP contribution in [0.1, 0.15) is 34.5 Å². The van der Waals surface area contributed by atoms with Crippen LogP contribution in [-0.2, 0) is 20.9 Å². The van der Waals surface area contributed by atoms with Gasteiger partial charge in [-0.15, -0.1) is 11.3 Å². The topological polar surface area (TPSA) is 81.0 Å². The summed E-state index contributed by atoms with van der Waals surface area (Å²) in [6.07, 6.45) is 0. The third-order valence-corrected chi connectivity index (χ3v) is 9.95.